The van der Waals surface area contributed by atoms with Crippen molar-refractivity contribution in [3.8, 4) is 0 Å². The average molecular weight is 948 g/mol. The number of allylic oxidation sites excluding steroid dienone is 1. The summed E-state index contributed by atoms with van der Waals surface area (Å²) in [6.07, 6.45) is -14.6. The lowest BCUT2D eigenvalue weighted by Crippen LogP contribution is -2.66. The lowest BCUT2D eigenvalue weighted by atomic mass is 9.84. The first-order valence-electron chi connectivity index (χ1n) is 22.5. The summed E-state index contributed by atoms with van der Waals surface area (Å²) in [6, 6.07) is 5.80. The van der Waals surface area contributed by atoms with E-state index in [1.807, 2.05) is 45.9 Å². The van der Waals surface area contributed by atoms with E-state index < -0.39 is 104 Å². The number of aliphatic hydroxyl groups is 7. The molecule has 368 valence electrons. The van der Waals surface area contributed by atoms with Gasteiger partial charge in [0.1, 0.15) is 48.8 Å². The standard InChI is InChI=1S/C48H61N5O15/c1-9-23-19(3)27-14-29-21(5)25(11-12-35(56)53-46-43(61)42(60)45(34(18-55)66-46)68-48-44(62)41(59)40(58)33(17-54)67-48)38(51-29)26(13-36(57)64-7)39-37(47(63)65-8)22(6)30(52-39)16-32-24(10-2)20(4)28(50-32)15-31(23)49-27/h9,14-16,21,25,33-34,40-46,48-50,54-55,58-62H,1,10-13,17-18H2,2-8H3,(H,53,56)/t21-,25-,33+,34+,40-,41-,42+,43+,44+,45+,46+,48-/m0/s1. The molecular weight excluding hydrogens is 887 g/mol. The summed E-state index contributed by atoms with van der Waals surface area (Å²) in [4.78, 5) is 58.3. The van der Waals surface area contributed by atoms with Crippen LogP contribution in [0.2, 0.25) is 0 Å². The van der Waals surface area contributed by atoms with E-state index in [9.17, 15) is 50.1 Å². The molecule has 2 saturated heterocycles. The van der Waals surface area contributed by atoms with Crippen LogP contribution in [0.3, 0.4) is 0 Å². The van der Waals surface area contributed by atoms with E-state index in [1.165, 1.54) is 14.2 Å². The molecule has 7 heterocycles. The quantitative estimate of drug-likeness (QED) is 0.108. The van der Waals surface area contributed by atoms with Crippen molar-refractivity contribution < 1.29 is 73.8 Å². The van der Waals surface area contributed by atoms with Crippen molar-refractivity contribution in [1.29, 1.82) is 0 Å². The number of methoxy groups -OCH3 is 2. The molecule has 0 spiro atoms. The Kier molecular flexibility index (Phi) is 15.4. The Labute approximate surface area is 391 Å². The van der Waals surface area contributed by atoms with Crippen molar-refractivity contribution in [2.75, 3.05) is 27.4 Å². The second-order valence-electron chi connectivity index (χ2n) is 17.6. The molecule has 8 bridgehead atoms. The zero-order valence-electron chi connectivity index (χ0n) is 39.0. The maximum atomic E-state index is 13.9. The van der Waals surface area contributed by atoms with Gasteiger partial charge in [0.15, 0.2) is 12.5 Å². The van der Waals surface area contributed by atoms with Gasteiger partial charge < -0.3 is 74.7 Å². The number of nitrogens with zero attached hydrogens (tertiary/aromatic N) is 2. The van der Waals surface area contributed by atoms with E-state index in [2.05, 4.69) is 21.9 Å². The maximum absolute atomic E-state index is 13.9. The predicted molar refractivity (Wildman–Crippen MR) is 245 cm³/mol. The van der Waals surface area contributed by atoms with Crippen molar-refractivity contribution in [2.45, 2.75) is 133 Å². The average Bonchev–Trinajstić information content (AvgIpc) is 4.01. The Balaban J connectivity index is 1.28. The van der Waals surface area contributed by atoms with E-state index in [0.29, 0.717) is 34.6 Å². The first-order chi connectivity index (χ1) is 32.4. The van der Waals surface area contributed by atoms with Gasteiger partial charge in [-0.05, 0) is 74.1 Å². The van der Waals surface area contributed by atoms with Gasteiger partial charge in [-0.15, -0.1) is 0 Å². The summed E-state index contributed by atoms with van der Waals surface area (Å²) in [5, 5.41) is 75.8. The van der Waals surface area contributed by atoms with Crippen molar-refractivity contribution in [1.82, 2.24) is 25.3 Å². The number of hydrogen-bond donors (Lipinski definition) is 10. The van der Waals surface area contributed by atoms with E-state index in [4.69, 9.17) is 33.7 Å². The molecule has 0 radical (unpaired) electrons. The van der Waals surface area contributed by atoms with Crippen LogP contribution in [0, 0.1) is 13.8 Å². The van der Waals surface area contributed by atoms with Gasteiger partial charge in [0, 0.05) is 57.1 Å². The Morgan fingerprint density at radius 2 is 1.51 bits per heavy atom. The molecule has 20 nitrogen and oxygen atoms in total. The monoisotopic (exact) mass is 947 g/mol. The van der Waals surface area contributed by atoms with Crippen LogP contribution >= 0.6 is 0 Å². The Hall–Kier alpha value is -5.39. The SMILES string of the molecule is C=Cc1c(C)c2cc3nc(c(CC(=O)OC)c4nc(cc5[nH]c(cc1[nH]2)c(C)c5CC)C(C)=C4C(=O)OC)[C@@H](CCC(=O)N[C@@H]1O[C@H](CO)[C@@H](O[C@@H]2O[C@H](CO)[C@H](O)[C@H](O)[C@H]2O)[C@H](O)[C@H]1O)[C@@H]3C. The minimum atomic E-state index is -1.85. The van der Waals surface area contributed by atoms with Gasteiger partial charge in [0.05, 0.1) is 56.5 Å². The second kappa shape index (κ2) is 20.7. The van der Waals surface area contributed by atoms with Gasteiger partial charge in [0.2, 0.25) is 5.91 Å². The molecule has 3 aromatic heterocycles. The van der Waals surface area contributed by atoms with Crippen LogP contribution in [0.4, 0.5) is 0 Å². The number of carbonyl (C=O) groups excluding carboxylic acids is 3. The largest absolute Gasteiger partial charge is 0.469 e. The summed E-state index contributed by atoms with van der Waals surface area (Å²) >= 11 is 0. The molecule has 0 aromatic carbocycles. The number of fused-ring (bicyclic) bond motifs is 8. The topological polar surface area (TPSA) is 308 Å². The first-order valence-corrected chi connectivity index (χ1v) is 22.5. The number of aromatic nitrogens is 4. The number of H-pyrrole nitrogens is 2. The number of nitrogens with one attached hydrogen (secondary N) is 3. The number of amides is 1. The smallest absolute Gasteiger partial charge is 0.340 e. The molecule has 0 saturated carbocycles. The van der Waals surface area contributed by atoms with E-state index >= 15 is 0 Å². The van der Waals surface area contributed by atoms with E-state index in [0.717, 1.165) is 44.3 Å². The second-order valence-corrected chi connectivity index (χ2v) is 17.6. The molecule has 68 heavy (non-hydrogen) atoms. The molecule has 20 heteroatoms. The molecule has 4 aliphatic heterocycles. The summed E-state index contributed by atoms with van der Waals surface area (Å²) < 4.78 is 27.3. The summed E-state index contributed by atoms with van der Waals surface area (Å²) in [5.41, 5.74) is 9.59. The van der Waals surface area contributed by atoms with Crippen molar-refractivity contribution in [3.63, 3.8) is 0 Å². The molecule has 10 N–H and O–H groups in total. The van der Waals surface area contributed by atoms with Crippen LogP contribution < -0.4 is 5.32 Å². The normalized spacial score (nSPS) is 28.3. The molecule has 2 fully saturated rings. The molecule has 7 rings (SSSR count). The molecule has 0 unspecified atom stereocenters. The Bertz CT molecular complexity index is 2640. The Morgan fingerprint density at radius 1 is 0.824 bits per heavy atom. The minimum absolute atomic E-state index is 0.0997. The van der Waals surface area contributed by atoms with Gasteiger partial charge in [-0.2, -0.15) is 0 Å². The lowest BCUT2D eigenvalue weighted by Gasteiger charge is -2.46. The molecule has 3 aromatic rings. The van der Waals surface area contributed by atoms with Crippen molar-refractivity contribution in [3.05, 3.63) is 75.4 Å². The Morgan fingerprint density at radius 3 is 2.16 bits per heavy atom. The number of aryl methyl sites for hydroxylation is 3. The highest BCUT2D eigenvalue weighted by Crippen LogP contribution is 2.44. The van der Waals surface area contributed by atoms with Crippen LogP contribution in [0.1, 0.15) is 96.0 Å². The fourth-order valence-corrected chi connectivity index (χ4v) is 9.63. The fraction of sp³-hybridized carbons (Fsp3) is 0.521. The maximum Gasteiger partial charge on any atom is 0.340 e. The molecule has 0 aliphatic carbocycles. The fourth-order valence-electron chi connectivity index (χ4n) is 9.63. The number of ether oxygens (including phenoxy) is 5. The van der Waals surface area contributed by atoms with Crippen LogP contribution in [0.5, 0.6) is 0 Å². The molecule has 12 atom stereocenters. The zero-order valence-corrected chi connectivity index (χ0v) is 39.0. The highest BCUT2D eigenvalue weighted by Gasteiger charge is 2.51. The highest BCUT2D eigenvalue weighted by molar-refractivity contribution is 6.25. The van der Waals surface area contributed by atoms with Gasteiger partial charge in [0.25, 0.3) is 0 Å². The highest BCUT2D eigenvalue weighted by atomic mass is 16.7. The van der Waals surface area contributed by atoms with Gasteiger partial charge in [-0.25, -0.2) is 9.78 Å². The summed E-state index contributed by atoms with van der Waals surface area (Å²) in [5.74, 6) is -2.94. The van der Waals surface area contributed by atoms with E-state index in [-0.39, 0.29) is 30.5 Å². The predicted octanol–water partition coefficient (Wildman–Crippen LogP) is 1.36. The molecule has 1 amide bonds. The number of aromatic amines is 2. The van der Waals surface area contributed by atoms with Crippen LogP contribution in [0.15, 0.2) is 24.8 Å². The number of hydrogen-bond acceptors (Lipinski definition) is 17. The van der Waals surface area contributed by atoms with Gasteiger partial charge >= 0.3 is 11.9 Å². The van der Waals surface area contributed by atoms with Gasteiger partial charge in [-0.3, -0.25) is 14.6 Å². The molecule has 4 aliphatic rings. The number of rotatable bonds is 13. The van der Waals surface area contributed by atoms with E-state index in [1.54, 1.807) is 13.0 Å². The summed E-state index contributed by atoms with van der Waals surface area (Å²) in [7, 11) is 2.50. The first kappa shape index (κ1) is 50.5. The van der Waals surface area contributed by atoms with Crippen LogP contribution in [0.25, 0.3) is 39.3 Å². The van der Waals surface area contributed by atoms with Crippen molar-refractivity contribution >= 4 is 57.1 Å². The lowest BCUT2D eigenvalue weighted by molar-refractivity contribution is -0.343. The summed E-state index contributed by atoms with van der Waals surface area (Å²) in [6.45, 7) is 12.3. The zero-order chi connectivity index (χ0) is 49.5. The van der Waals surface area contributed by atoms with Gasteiger partial charge in [-0.1, -0.05) is 26.5 Å². The molecular formula is C48H61N5O15. The van der Waals surface area contributed by atoms with Crippen LogP contribution in [-0.2, 0) is 50.9 Å². The number of aliphatic hydroxyl groups excluding tert-OH is 7. The third kappa shape index (κ3) is 9.37. The number of carbonyl (C=O) groups is 3. The number of esters is 2. The third-order valence-electron chi connectivity index (χ3n) is 13.7. The minimum Gasteiger partial charge on any atom is -0.469 e. The van der Waals surface area contributed by atoms with Crippen LogP contribution in [-0.4, -0.2) is 162 Å². The third-order valence-corrected chi connectivity index (χ3v) is 13.7. The van der Waals surface area contributed by atoms with Crippen molar-refractivity contribution in [2.24, 2.45) is 0 Å².